The minimum Gasteiger partial charge on any atom is -0.393 e. The molecular weight excluding hydrogens is 274 g/mol. The molecule has 0 saturated carbocycles. The van der Waals surface area contributed by atoms with Crippen molar-refractivity contribution in [2.75, 3.05) is 6.54 Å². The fraction of sp³-hybridized carbons (Fsp3) is 0.316. The minimum absolute atomic E-state index is 0.0652. The van der Waals surface area contributed by atoms with Gasteiger partial charge in [0.25, 0.3) is 5.91 Å². The third-order valence-corrected chi connectivity index (χ3v) is 3.80. The van der Waals surface area contributed by atoms with Gasteiger partial charge in [-0.3, -0.25) is 4.79 Å². The molecule has 3 nitrogen and oxygen atoms in total. The predicted octanol–water partition coefficient (Wildman–Crippen LogP) is 3.28. The highest BCUT2D eigenvalue weighted by atomic mass is 16.3. The SMILES string of the molecule is Cc1ccccc1C(=O)NCC(CC(C)O)c1ccccc1. The third kappa shape index (κ3) is 4.43. The average molecular weight is 297 g/mol. The Kier molecular flexibility index (Phi) is 5.73. The lowest BCUT2D eigenvalue weighted by molar-refractivity contribution is 0.0945. The molecule has 2 rings (SSSR count). The number of hydrogen-bond acceptors (Lipinski definition) is 2. The Hall–Kier alpha value is -2.13. The Morgan fingerprint density at radius 1 is 1.09 bits per heavy atom. The van der Waals surface area contributed by atoms with Crippen molar-refractivity contribution in [3.8, 4) is 0 Å². The molecule has 2 N–H and O–H groups in total. The van der Waals surface area contributed by atoms with Gasteiger partial charge in [-0.25, -0.2) is 0 Å². The van der Waals surface area contributed by atoms with Gasteiger partial charge < -0.3 is 10.4 Å². The first kappa shape index (κ1) is 16.2. The number of benzene rings is 2. The quantitative estimate of drug-likeness (QED) is 0.859. The van der Waals surface area contributed by atoms with Gasteiger partial charge in [-0.2, -0.15) is 0 Å². The van der Waals surface area contributed by atoms with E-state index in [2.05, 4.69) is 5.32 Å². The van der Waals surface area contributed by atoms with E-state index in [4.69, 9.17) is 0 Å². The summed E-state index contributed by atoms with van der Waals surface area (Å²) < 4.78 is 0. The smallest absolute Gasteiger partial charge is 0.251 e. The number of aliphatic hydroxyl groups excluding tert-OH is 1. The highest BCUT2D eigenvalue weighted by molar-refractivity contribution is 5.95. The standard InChI is InChI=1S/C19H23NO2/c1-14-8-6-7-11-18(14)19(22)20-13-17(12-15(2)21)16-9-4-3-5-10-16/h3-11,15,17,21H,12-13H2,1-2H3,(H,20,22). The van der Waals surface area contributed by atoms with Gasteiger partial charge in [-0.15, -0.1) is 0 Å². The first-order valence-corrected chi connectivity index (χ1v) is 7.64. The number of rotatable bonds is 6. The molecule has 0 aliphatic rings. The first-order valence-electron chi connectivity index (χ1n) is 7.64. The lowest BCUT2D eigenvalue weighted by Crippen LogP contribution is -2.30. The maximum Gasteiger partial charge on any atom is 0.251 e. The number of aliphatic hydroxyl groups is 1. The van der Waals surface area contributed by atoms with Gasteiger partial charge in [0, 0.05) is 18.0 Å². The minimum atomic E-state index is -0.402. The van der Waals surface area contributed by atoms with Crippen LogP contribution >= 0.6 is 0 Å². The molecule has 22 heavy (non-hydrogen) atoms. The summed E-state index contributed by atoms with van der Waals surface area (Å²) in [7, 11) is 0. The summed E-state index contributed by atoms with van der Waals surface area (Å²) in [5, 5.41) is 12.7. The Balaban J connectivity index is 2.05. The van der Waals surface area contributed by atoms with E-state index in [1.165, 1.54) is 0 Å². The zero-order chi connectivity index (χ0) is 15.9. The summed E-state index contributed by atoms with van der Waals surface area (Å²) >= 11 is 0. The largest absolute Gasteiger partial charge is 0.393 e. The normalized spacial score (nSPS) is 13.4. The molecule has 0 bridgehead atoms. The van der Waals surface area contributed by atoms with Gasteiger partial charge in [-0.1, -0.05) is 48.5 Å². The van der Waals surface area contributed by atoms with Crippen LogP contribution in [0.25, 0.3) is 0 Å². The molecular formula is C19H23NO2. The van der Waals surface area contributed by atoms with Gasteiger partial charge in [0.15, 0.2) is 0 Å². The summed E-state index contributed by atoms with van der Waals surface area (Å²) in [6, 6.07) is 17.5. The molecule has 2 unspecified atom stereocenters. The van der Waals surface area contributed by atoms with Crippen molar-refractivity contribution in [1.82, 2.24) is 5.32 Å². The number of hydrogen-bond donors (Lipinski definition) is 2. The van der Waals surface area contributed by atoms with Crippen LogP contribution in [0.15, 0.2) is 54.6 Å². The van der Waals surface area contributed by atoms with E-state index in [9.17, 15) is 9.90 Å². The number of nitrogens with one attached hydrogen (secondary N) is 1. The van der Waals surface area contributed by atoms with Crippen molar-refractivity contribution < 1.29 is 9.90 Å². The average Bonchev–Trinajstić information content (AvgIpc) is 2.52. The summed E-state index contributed by atoms with van der Waals surface area (Å²) in [4.78, 5) is 12.3. The molecule has 2 aromatic carbocycles. The molecule has 0 heterocycles. The molecule has 0 aromatic heterocycles. The van der Waals surface area contributed by atoms with Crippen LogP contribution in [-0.2, 0) is 0 Å². The predicted molar refractivity (Wildman–Crippen MR) is 89.0 cm³/mol. The second-order valence-corrected chi connectivity index (χ2v) is 5.72. The highest BCUT2D eigenvalue weighted by Gasteiger charge is 2.16. The van der Waals surface area contributed by atoms with Crippen molar-refractivity contribution >= 4 is 5.91 Å². The van der Waals surface area contributed by atoms with Crippen LogP contribution in [0.4, 0.5) is 0 Å². The van der Waals surface area contributed by atoms with Gasteiger partial charge in [-0.05, 0) is 37.5 Å². The topological polar surface area (TPSA) is 49.3 Å². The lowest BCUT2D eigenvalue weighted by Gasteiger charge is -2.20. The van der Waals surface area contributed by atoms with E-state index in [-0.39, 0.29) is 11.8 Å². The van der Waals surface area contributed by atoms with E-state index in [0.29, 0.717) is 18.5 Å². The van der Waals surface area contributed by atoms with Crippen LogP contribution in [0.1, 0.15) is 40.7 Å². The summed E-state index contributed by atoms with van der Waals surface area (Å²) in [5.41, 5.74) is 2.80. The molecule has 2 aromatic rings. The van der Waals surface area contributed by atoms with Gasteiger partial charge in [0.1, 0.15) is 0 Å². The van der Waals surface area contributed by atoms with E-state index in [1.54, 1.807) is 6.92 Å². The molecule has 1 amide bonds. The third-order valence-electron chi connectivity index (χ3n) is 3.80. The van der Waals surface area contributed by atoms with Crippen LogP contribution in [0, 0.1) is 6.92 Å². The second-order valence-electron chi connectivity index (χ2n) is 5.72. The number of aryl methyl sites for hydroxylation is 1. The van der Waals surface area contributed by atoms with Crippen molar-refractivity contribution in [2.45, 2.75) is 32.3 Å². The molecule has 0 radical (unpaired) electrons. The van der Waals surface area contributed by atoms with Crippen molar-refractivity contribution in [1.29, 1.82) is 0 Å². The lowest BCUT2D eigenvalue weighted by atomic mass is 9.93. The number of carbonyl (C=O) groups excluding carboxylic acids is 1. The van der Waals surface area contributed by atoms with Crippen molar-refractivity contribution in [3.05, 3.63) is 71.3 Å². The molecule has 3 heteroatoms. The van der Waals surface area contributed by atoms with Crippen LogP contribution < -0.4 is 5.32 Å². The molecule has 116 valence electrons. The van der Waals surface area contributed by atoms with Crippen molar-refractivity contribution in [3.63, 3.8) is 0 Å². The van der Waals surface area contributed by atoms with E-state index >= 15 is 0 Å². The molecule has 0 spiro atoms. The van der Waals surface area contributed by atoms with Gasteiger partial charge in [0.05, 0.1) is 6.10 Å². The Bertz CT molecular complexity index is 608. The van der Waals surface area contributed by atoms with Gasteiger partial charge >= 0.3 is 0 Å². The Morgan fingerprint density at radius 2 is 1.73 bits per heavy atom. The van der Waals surface area contributed by atoms with Crippen LogP contribution in [0.3, 0.4) is 0 Å². The Labute approximate surface area is 132 Å². The molecule has 2 atom stereocenters. The molecule has 0 aliphatic carbocycles. The summed E-state index contributed by atoms with van der Waals surface area (Å²) in [5.74, 6) is 0.0405. The van der Waals surface area contributed by atoms with Gasteiger partial charge in [0.2, 0.25) is 0 Å². The van der Waals surface area contributed by atoms with Crippen LogP contribution in [0.5, 0.6) is 0 Å². The fourth-order valence-corrected chi connectivity index (χ4v) is 2.61. The van der Waals surface area contributed by atoms with Crippen molar-refractivity contribution in [2.24, 2.45) is 0 Å². The maximum atomic E-state index is 12.3. The first-order chi connectivity index (χ1) is 10.6. The van der Waals surface area contributed by atoms with E-state index in [1.807, 2.05) is 61.5 Å². The molecule has 0 saturated heterocycles. The number of carbonyl (C=O) groups is 1. The van der Waals surface area contributed by atoms with Crippen LogP contribution in [-0.4, -0.2) is 23.7 Å². The fourth-order valence-electron chi connectivity index (χ4n) is 2.61. The Morgan fingerprint density at radius 3 is 2.36 bits per heavy atom. The number of amides is 1. The second kappa shape index (κ2) is 7.76. The van der Waals surface area contributed by atoms with E-state index < -0.39 is 6.10 Å². The summed E-state index contributed by atoms with van der Waals surface area (Å²) in [6.07, 6.45) is 0.221. The highest BCUT2D eigenvalue weighted by Crippen LogP contribution is 2.20. The maximum absolute atomic E-state index is 12.3. The molecule has 0 fully saturated rings. The monoisotopic (exact) mass is 297 g/mol. The summed E-state index contributed by atoms with van der Waals surface area (Å²) in [6.45, 7) is 4.22. The zero-order valence-corrected chi connectivity index (χ0v) is 13.1. The zero-order valence-electron chi connectivity index (χ0n) is 13.1. The molecule has 0 aliphatic heterocycles. The van der Waals surface area contributed by atoms with E-state index in [0.717, 1.165) is 11.1 Å². The van der Waals surface area contributed by atoms with Crippen LogP contribution in [0.2, 0.25) is 0 Å².